The number of rotatable bonds is 3. The third-order valence-electron chi connectivity index (χ3n) is 3.23. The second-order valence-electron chi connectivity index (χ2n) is 4.67. The molecular weight excluding hydrogens is 228 g/mol. The Morgan fingerprint density at radius 2 is 2.17 bits per heavy atom. The standard InChI is InChI=1S/C14H14N2O2/c1-9-7-13(16-18-9)15-14(17)12-8-11(12)10-5-3-2-4-6-10/h2-7,11-12H,8H2,1H3,(H,15,16,17)/t11-,12+/m1/s1. The number of nitrogens with one attached hydrogen (secondary N) is 1. The second kappa shape index (κ2) is 4.29. The Labute approximate surface area is 105 Å². The van der Waals surface area contributed by atoms with Gasteiger partial charge in [-0.05, 0) is 24.8 Å². The predicted octanol–water partition coefficient (Wildman–Crippen LogP) is 2.73. The first-order chi connectivity index (χ1) is 8.74. The summed E-state index contributed by atoms with van der Waals surface area (Å²) in [4.78, 5) is 12.0. The summed E-state index contributed by atoms with van der Waals surface area (Å²) in [5.74, 6) is 1.62. The van der Waals surface area contributed by atoms with Gasteiger partial charge in [0, 0.05) is 12.0 Å². The van der Waals surface area contributed by atoms with E-state index in [-0.39, 0.29) is 11.8 Å². The first-order valence-electron chi connectivity index (χ1n) is 6.03. The minimum absolute atomic E-state index is 0.0251. The number of nitrogens with zero attached hydrogens (tertiary/aromatic N) is 1. The summed E-state index contributed by atoms with van der Waals surface area (Å²) >= 11 is 0. The van der Waals surface area contributed by atoms with Gasteiger partial charge in [0.25, 0.3) is 0 Å². The van der Waals surface area contributed by atoms with Gasteiger partial charge in [-0.1, -0.05) is 35.5 Å². The second-order valence-corrected chi connectivity index (χ2v) is 4.67. The summed E-state index contributed by atoms with van der Waals surface area (Å²) in [5.41, 5.74) is 1.23. The van der Waals surface area contributed by atoms with E-state index in [9.17, 15) is 4.79 Å². The van der Waals surface area contributed by atoms with Crippen molar-refractivity contribution in [1.29, 1.82) is 0 Å². The van der Waals surface area contributed by atoms with E-state index < -0.39 is 0 Å². The average molecular weight is 242 g/mol. The molecule has 0 unspecified atom stereocenters. The zero-order valence-electron chi connectivity index (χ0n) is 10.1. The van der Waals surface area contributed by atoms with Gasteiger partial charge in [0.2, 0.25) is 5.91 Å². The van der Waals surface area contributed by atoms with Crippen molar-refractivity contribution in [3.8, 4) is 0 Å². The van der Waals surface area contributed by atoms with Crippen LogP contribution in [0.5, 0.6) is 0 Å². The molecule has 2 aromatic rings. The van der Waals surface area contributed by atoms with Crippen LogP contribution in [-0.2, 0) is 4.79 Å². The first kappa shape index (κ1) is 11.0. The van der Waals surface area contributed by atoms with E-state index in [4.69, 9.17) is 4.52 Å². The molecule has 1 saturated carbocycles. The maximum atomic E-state index is 12.0. The molecule has 1 aromatic carbocycles. The fraction of sp³-hybridized carbons (Fsp3) is 0.286. The van der Waals surface area contributed by atoms with Gasteiger partial charge in [-0.25, -0.2) is 0 Å². The van der Waals surface area contributed by atoms with Gasteiger partial charge in [0.15, 0.2) is 5.82 Å². The molecular formula is C14H14N2O2. The lowest BCUT2D eigenvalue weighted by molar-refractivity contribution is -0.117. The summed E-state index contributed by atoms with van der Waals surface area (Å²) in [6, 6.07) is 11.8. The van der Waals surface area contributed by atoms with E-state index in [0.29, 0.717) is 17.5 Å². The molecule has 1 amide bonds. The van der Waals surface area contributed by atoms with Crippen LogP contribution in [0.2, 0.25) is 0 Å². The first-order valence-corrected chi connectivity index (χ1v) is 6.03. The molecule has 4 heteroatoms. The average Bonchev–Trinajstić information content (AvgIpc) is 3.09. The molecule has 18 heavy (non-hydrogen) atoms. The van der Waals surface area contributed by atoms with Crippen LogP contribution in [0.1, 0.15) is 23.7 Å². The summed E-state index contributed by atoms with van der Waals surface area (Å²) in [7, 11) is 0. The number of benzene rings is 1. The van der Waals surface area contributed by atoms with E-state index in [1.54, 1.807) is 13.0 Å². The van der Waals surface area contributed by atoms with Crippen LogP contribution in [0, 0.1) is 12.8 Å². The van der Waals surface area contributed by atoms with Crippen LogP contribution in [0.4, 0.5) is 5.82 Å². The molecule has 1 aliphatic carbocycles. The lowest BCUT2D eigenvalue weighted by Crippen LogP contribution is -2.14. The number of hydrogen-bond donors (Lipinski definition) is 1. The Hall–Kier alpha value is -2.10. The van der Waals surface area contributed by atoms with Crippen LogP contribution in [-0.4, -0.2) is 11.1 Å². The number of hydrogen-bond acceptors (Lipinski definition) is 3. The highest BCUT2D eigenvalue weighted by Crippen LogP contribution is 2.47. The van der Waals surface area contributed by atoms with E-state index in [2.05, 4.69) is 22.6 Å². The molecule has 4 nitrogen and oxygen atoms in total. The maximum absolute atomic E-state index is 12.0. The number of amides is 1. The minimum atomic E-state index is 0.0251. The third kappa shape index (κ3) is 2.14. The van der Waals surface area contributed by atoms with Crippen molar-refractivity contribution in [2.45, 2.75) is 19.3 Å². The number of carbonyl (C=O) groups is 1. The van der Waals surface area contributed by atoms with Crippen LogP contribution < -0.4 is 5.32 Å². The van der Waals surface area contributed by atoms with Gasteiger partial charge in [-0.3, -0.25) is 4.79 Å². The van der Waals surface area contributed by atoms with Gasteiger partial charge < -0.3 is 9.84 Å². The molecule has 1 aromatic heterocycles. The van der Waals surface area contributed by atoms with Crippen molar-refractivity contribution in [2.75, 3.05) is 5.32 Å². The Morgan fingerprint density at radius 3 is 2.83 bits per heavy atom. The van der Waals surface area contributed by atoms with Crippen molar-refractivity contribution in [1.82, 2.24) is 5.16 Å². The quantitative estimate of drug-likeness (QED) is 0.900. The predicted molar refractivity (Wildman–Crippen MR) is 67.2 cm³/mol. The van der Waals surface area contributed by atoms with Crippen molar-refractivity contribution < 1.29 is 9.32 Å². The van der Waals surface area contributed by atoms with Gasteiger partial charge in [-0.2, -0.15) is 0 Å². The molecule has 2 atom stereocenters. The Morgan fingerprint density at radius 1 is 1.39 bits per heavy atom. The lowest BCUT2D eigenvalue weighted by atomic mass is 10.1. The zero-order chi connectivity index (χ0) is 12.5. The minimum Gasteiger partial charge on any atom is -0.360 e. The van der Waals surface area contributed by atoms with E-state index in [0.717, 1.165) is 6.42 Å². The zero-order valence-corrected chi connectivity index (χ0v) is 10.1. The Kier molecular flexibility index (Phi) is 2.63. The van der Waals surface area contributed by atoms with Gasteiger partial charge in [-0.15, -0.1) is 0 Å². The monoisotopic (exact) mass is 242 g/mol. The maximum Gasteiger partial charge on any atom is 0.229 e. The molecule has 1 N–H and O–H groups in total. The van der Waals surface area contributed by atoms with E-state index in [1.165, 1.54) is 5.56 Å². The van der Waals surface area contributed by atoms with E-state index >= 15 is 0 Å². The number of aryl methyl sites for hydroxylation is 1. The fourth-order valence-corrected chi connectivity index (χ4v) is 2.20. The highest BCUT2D eigenvalue weighted by Gasteiger charge is 2.43. The summed E-state index contributed by atoms with van der Waals surface area (Å²) < 4.78 is 4.91. The molecule has 1 aliphatic rings. The van der Waals surface area contributed by atoms with Gasteiger partial charge >= 0.3 is 0 Å². The van der Waals surface area contributed by atoms with Crippen molar-refractivity contribution in [3.63, 3.8) is 0 Å². The molecule has 0 radical (unpaired) electrons. The van der Waals surface area contributed by atoms with Gasteiger partial charge in [0.05, 0.1) is 0 Å². The SMILES string of the molecule is Cc1cc(NC(=O)[C@H]2C[C@@H]2c2ccccc2)no1. The van der Waals surface area contributed by atoms with Crippen LogP contribution >= 0.6 is 0 Å². The number of carbonyl (C=O) groups excluding carboxylic acids is 1. The third-order valence-corrected chi connectivity index (χ3v) is 3.23. The Bertz CT molecular complexity index is 562. The van der Waals surface area contributed by atoms with Crippen molar-refractivity contribution >= 4 is 11.7 Å². The summed E-state index contributed by atoms with van der Waals surface area (Å²) in [5, 5.41) is 6.54. The molecule has 1 heterocycles. The van der Waals surface area contributed by atoms with Gasteiger partial charge in [0.1, 0.15) is 5.76 Å². The number of anilines is 1. The number of aromatic nitrogens is 1. The normalized spacial score (nSPS) is 21.6. The molecule has 3 rings (SSSR count). The van der Waals surface area contributed by atoms with Crippen LogP contribution in [0.15, 0.2) is 40.9 Å². The largest absolute Gasteiger partial charge is 0.360 e. The van der Waals surface area contributed by atoms with Crippen molar-refractivity contribution in [2.24, 2.45) is 5.92 Å². The molecule has 1 fully saturated rings. The van der Waals surface area contributed by atoms with Crippen LogP contribution in [0.3, 0.4) is 0 Å². The summed E-state index contributed by atoms with van der Waals surface area (Å²) in [6.45, 7) is 1.80. The smallest absolute Gasteiger partial charge is 0.229 e. The highest BCUT2D eigenvalue weighted by atomic mass is 16.5. The highest BCUT2D eigenvalue weighted by molar-refractivity contribution is 5.94. The molecule has 0 bridgehead atoms. The summed E-state index contributed by atoms with van der Waals surface area (Å²) in [6.07, 6.45) is 0.909. The molecule has 0 spiro atoms. The van der Waals surface area contributed by atoms with Crippen LogP contribution in [0.25, 0.3) is 0 Å². The molecule has 92 valence electrons. The lowest BCUT2D eigenvalue weighted by Gasteiger charge is -2.00. The Balaban J connectivity index is 1.63. The topological polar surface area (TPSA) is 55.1 Å². The van der Waals surface area contributed by atoms with Crippen molar-refractivity contribution in [3.05, 3.63) is 47.7 Å². The van der Waals surface area contributed by atoms with E-state index in [1.807, 2.05) is 18.2 Å². The molecule has 0 aliphatic heterocycles. The molecule has 0 saturated heterocycles. The fourth-order valence-electron chi connectivity index (χ4n) is 2.20.